The van der Waals surface area contributed by atoms with Crippen LogP contribution in [0.25, 0.3) is 10.9 Å². The topological polar surface area (TPSA) is 106 Å². The maximum absolute atomic E-state index is 12.9. The second kappa shape index (κ2) is 7.86. The Balaban J connectivity index is 1.17. The third kappa shape index (κ3) is 3.94. The Bertz CT molecular complexity index is 1210. The van der Waals surface area contributed by atoms with E-state index in [2.05, 4.69) is 16.4 Å². The number of benzene rings is 1. The summed E-state index contributed by atoms with van der Waals surface area (Å²) in [6, 6.07) is 11.7. The first-order valence-electron chi connectivity index (χ1n) is 11.8. The number of hydrogen-bond donors (Lipinski definition) is 2. The summed E-state index contributed by atoms with van der Waals surface area (Å²) in [5.74, 6) is 1.81. The van der Waals surface area contributed by atoms with Crippen LogP contribution in [0, 0.1) is 11.8 Å². The minimum Gasteiger partial charge on any atom is -0.384 e. The van der Waals surface area contributed by atoms with Crippen LogP contribution in [0.2, 0.25) is 0 Å². The largest absolute Gasteiger partial charge is 0.384 e. The van der Waals surface area contributed by atoms with Crippen molar-refractivity contribution in [2.45, 2.75) is 44.2 Å². The zero-order valence-corrected chi connectivity index (χ0v) is 18.5. The lowest BCUT2D eigenvalue weighted by atomic mass is 9.93. The van der Waals surface area contributed by atoms with Gasteiger partial charge in [-0.25, -0.2) is 4.98 Å². The molecule has 0 spiro atoms. The monoisotopic (exact) mass is 444 g/mol. The van der Waals surface area contributed by atoms with Crippen LogP contribution < -0.4 is 11.1 Å². The predicted octanol–water partition coefficient (Wildman–Crippen LogP) is 2.56. The molecule has 0 bridgehead atoms. The van der Waals surface area contributed by atoms with Gasteiger partial charge in [-0.3, -0.25) is 14.3 Å². The van der Waals surface area contributed by atoms with Crippen LogP contribution in [0.1, 0.15) is 47.7 Å². The molecule has 1 saturated heterocycles. The molecule has 3 N–H and O–H groups in total. The number of aromatic nitrogens is 3. The fourth-order valence-corrected chi connectivity index (χ4v) is 5.06. The highest BCUT2D eigenvalue weighted by Gasteiger charge is 2.42. The SMILES string of the molecule is Nc1cc(C(=O)N2CC(c3nn(CC(=O)NC(C4CC4)C4CC4)c4ccccc34)C2)ccn1. The molecule has 3 fully saturated rings. The highest BCUT2D eigenvalue weighted by molar-refractivity contribution is 5.95. The first kappa shape index (κ1) is 20.2. The fourth-order valence-electron chi connectivity index (χ4n) is 5.06. The van der Waals surface area contributed by atoms with E-state index >= 15 is 0 Å². The summed E-state index contributed by atoms with van der Waals surface area (Å²) in [6.45, 7) is 1.42. The van der Waals surface area contributed by atoms with Crippen molar-refractivity contribution in [1.82, 2.24) is 25.0 Å². The average Bonchev–Trinajstić information content (AvgIpc) is 3.70. The second-order valence-electron chi connectivity index (χ2n) is 9.70. The van der Waals surface area contributed by atoms with E-state index in [0.29, 0.717) is 42.3 Å². The molecule has 33 heavy (non-hydrogen) atoms. The van der Waals surface area contributed by atoms with Crippen molar-refractivity contribution < 1.29 is 9.59 Å². The highest BCUT2D eigenvalue weighted by Crippen LogP contribution is 2.44. The van der Waals surface area contributed by atoms with Crippen LogP contribution in [0.5, 0.6) is 0 Å². The van der Waals surface area contributed by atoms with E-state index in [-0.39, 0.29) is 24.3 Å². The molecular weight excluding hydrogens is 416 g/mol. The van der Waals surface area contributed by atoms with E-state index in [9.17, 15) is 9.59 Å². The number of pyridine rings is 1. The normalized spacial score (nSPS) is 18.5. The Kier molecular flexibility index (Phi) is 4.81. The Morgan fingerprint density at radius 1 is 1.09 bits per heavy atom. The molecule has 3 heterocycles. The maximum Gasteiger partial charge on any atom is 0.254 e. The van der Waals surface area contributed by atoms with Crippen LogP contribution in [0.4, 0.5) is 5.82 Å². The third-order valence-corrected chi connectivity index (χ3v) is 7.15. The molecule has 0 unspecified atom stereocenters. The second-order valence-corrected chi connectivity index (χ2v) is 9.70. The maximum atomic E-state index is 12.9. The molecule has 6 rings (SSSR count). The Morgan fingerprint density at radius 2 is 1.82 bits per heavy atom. The number of hydrogen-bond acceptors (Lipinski definition) is 5. The number of nitrogen functional groups attached to an aromatic ring is 1. The number of anilines is 1. The lowest BCUT2D eigenvalue weighted by molar-refractivity contribution is -0.122. The van der Waals surface area contributed by atoms with Crippen molar-refractivity contribution in [3.8, 4) is 0 Å². The number of carbonyl (C=O) groups is 2. The summed E-state index contributed by atoms with van der Waals surface area (Å²) in [5.41, 5.74) is 8.19. The first-order valence-corrected chi connectivity index (χ1v) is 11.8. The van der Waals surface area contributed by atoms with Gasteiger partial charge in [0.1, 0.15) is 12.4 Å². The number of likely N-dealkylation sites (tertiary alicyclic amines) is 1. The summed E-state index contributed by atoms with van der Waals surface area (Å²) in [7, 11) is 0. The first-order chi connectivity index (χ1) is 16.1. The minimum absolute atomic E-state index is 0.0410. The number of rotatable bonds is 7. The van der Waals surface area contributed by atoms with Gasteiger partial charge in [-0.2, -0.15) is 5.10 Å². The van der Waals surface area contributed by atoms with Crippen molar-refractivity contribution >= 4 is 28.5 Å². The summed E-state index contributed by atoms with van der Waals surface area (Å²) in [4.78, 5) is 31.4. The fraction of sp³-hybridized carbons (Fsp3) is 0.440. The van der Waals surface area contributed by atoms with Gasteiger partial charge in [0, 0.05) is 42.2 Å². The van der Waals surface area contributed by atoms with Gasteiger partial charge < -0.3 is 16.0 Å². The van der Waals surface area contributed by atoms with E-state index < -0.39 is 0 Å². The molecule has 170 valence electrons. The van der Waals surface area contributed by atoms with Gasteiger partial charge in [0.2, 0.25) is 5.91 Å². The summed E-state index contributed by atoms with van der Waals surface area (Å²) in [6.07, 6.45) is 6.49. The predicted molar refractivity (Wildman–Crippen MR) is 124 cm³/mol. The number of fused-ring (bicyclic) bond motifs is 1. The zero-order valence-electron chi connectivity index (χ0n) is 18.5. The lowest BCUT2D eigenvalue weighted by Gasteiger charge is -2.38. The van der Waals surface area contributed by atoms with Crippen LogP contribution >= 0.6 is 0 Å². The molecule has 3 aromatic rings. The van der Waals surface area contributed by atoms with Gasteiger partial charge in [-0.05, 0) is 55.7 Å². The van der Waals surface area contributed by atoms with Crippen molar-refractivity contribution in [3.63, 3.8) is 0 Å². The number of para-hydroxylation sites is 1. The van der Waals surface area contributed by atoms with E-state index in [1.165, 1.54) is 25.7 Å². The van der Waals surface area contributed by atoms with Crippen molar-refractivity contribution in [2.24, 2.45) is 11.8 Å². The third-order valence-electron chi connectivity index (χ3n) is 7.15. The molecule has 2 saturated carbocycles. The quantitative estimate of drug-likeness (QED) is 0.583. The Morgan fingerprint density at radius 3 is 2.52 bits per heavy atom. The molecule has 8 nitrogen and oxygen atoms in total. The average molecular weight is 445 g/mol. The van der Waals surface area contributed by atoms with Crippen LogP contribution in [-0.4, -0.2) is 50.6 Å². The number of nitrogens with two attached hydrogens (primary N) is 1. The smallest absolute Gasteiger partial charge is 0.254 e. The van der Waals surface area contributed by atoms with Crippen molar-refractivity contribution in [2.75, 3.05) is 18.8 Å². The minimum atomic E-state index is -0.0466. The van der Waals surface area contributed by atoms with Gasteiger partial charge in [0.25, 0.3) is 5.91 Å². The van der Waals surface area contributed by atoms with E-state index in [4.69, 9.17) is 10.8 Å². The summed E-state index contributed by atoms with van der Waals surface area (Å²) in [5, 5.41) is 9.20. The van der Waals surface area contributed by atoms with Crippen LogP contribution in [0.15, 0.2) is 42.6 Å². The van der Waals surface area contributed by atoms with Gasteiger partial charge in [0.05, 0.1) is 11.2 Å². The molecule has 0 radical (unpaired) electrons. The molecule has 2 aliphatic carbocycles. The van der Waals surface area contributed by atoms with Gasteiger partial charge >= 0.3 is 0 Å². The molecule has 2 amide bonds. The standard InChI is InChI=1S/C25H28N6O2/c26-21-11-17(9-10-27-21)25(33)30-12-18(13-30)24-19-3-1-2-4-20(19)31(29-24)14-22(32)28-23(15-5-6-15)16-7-8-16/h1-4,9-11,15-16,18,23H,5-8,12-14H2,(H2,26,27)(H,28,32). The zero-order chi connectivity index (χ0) is 22.5. The summed E-state index contributed by atoms with van der Waals surface area (Å²) < 4.78 is 1.82. The van der Waals surface area contributed by atoms with E-state index in [1.54, 1.807) is 23.2 Å². The van der Waals surface area contributed by atoms with Gasteiger partial charge in [0.15, 0.2) is 0 Å². The van der Waals surface area contributed by atoms with E-state index in [1.807, 2.05) is 22.9 Å². The molecule has 8 heteroatoms. The van der Waals surface area contributed by atoms with Gasteiger partial charge in [-0.15, -0.1) is 0 Å². The molecule has 2 aromatic heterocycles. The molecular formula is C25H28N6O2. The van der Waals surface area contributed by atoms with Crippen LogP contribution in [0.3, 0.4) is 0 Å². The van der Waals surface area contributed by atoms with Gasteiger partial charge in [-0.1, -0.05) is 18.2 Å². The molecule has 1 aromatic carbocycles. The molecule has 3 aliphatic rings. The Labute approximate surface area is 192 Å². The highest BCUT2D eigenvalue weighted by atomic mass is 16.2. The van der Waals surface area contributed by atoms with Crippen molar-refractivity contribution in [1.29, 1.82) is 0 Å². The number of nitrogens with one attached hydrogen (secondary N) is 1. The number of amides is 2. The lowest BCUT2D eigenvalue weighted by Crippen LogP contribution is -2.48. The summed E-state index contributed by atoms with van der Waals surface area (Å²) >= 11 is 0. The number of carbonyl (C=O) groups excluding carboxylic acids is 2. The molecule has 0 atom stereocenters. The van der Waals surface area contributed by atoms with Crippen LogP contribution in [-0.2, 0) is 11.3 Å². The Hall–Kier alpha value is -3.42. The molecule has 1 aliphatic heterocycles. The van der Waals surface area contributed by atoms with Crippen molar-refractivity contribution in [3.05, 3.63) is 53.9 Å². The number of nitrogens with zero attached hydrogens (tertiary/aromatic N) is 4. The van der Waals surface area contributed by atoms with E-state index in [0.717, 1.165) is 16.6 Å².